The second kappa shape index (κ2) is 5.54. The monoisotopic (exact) mass is 323 g/mol. The van der Waals surface area contributed by atoms with Crippen molar-refractivity contribution >= 4 is 33.7 Å². The van der Waals surface area contributed by atoms with Gasteiger partial charge < -0.3 is 5.11 Å². The summed E-state index contributed by atoms with van der Waals surface area (Å²) in [7, 11) is 0. The largest absolute Gasteiger partial charge is 0.478 e. The summed E-state index contributed by atoms with van der Waals surface area (Å²) in [6.07, 6.45) is 1.73. The molecule has 0 bridgehead atoms. The lowest BCUT2D eigenvalue weighted by molar-refractivity contribution is 0.0696. The maximum Gasteiger partial charge on any atom is 0.335 e. The van der Waals surface area contributed by atoms with Crippen LogP contribution in [0.1, 0.15) is 15.9 Å². The predicted molar refractivity (Wildman–Crippen MR) is 74.2 cm³/mol. The smallest absolute Gasteiger partial charge is 0.335 e. The van der Waals surface area contributed by atoms with Crippen molar-refractivity contribution in [2.75, 3.05) is 0 Å². The molecule has 0 amide bonds. The van der Waals surface area contributed by atoms with E-state index in [0.717, 1.165) is 20.0 Å². The molecule has 0 unspecified atom stereocenters. The summed E-state index contributed by atoms with van der Waals surface area (Å²) in [5, 5.41) is 9.77. The minimum absolute atomic E-state index is 0.303. The molecule has 0 aliphatic carbocycles. The van der Waals surface area contributed by atoms with Crippen LogP contribution in [0.2, 0.25) is 0 Å². The van der Waals surface area contributed by atoms with Gasteiger partial charge >= 0.3 is 5.97 Å². The van der Waals surface area contributed by atoms with Crippen molar-refractivity contribution in [1.82, 2.24) is 4.98 Å². The van der Waals surface area contributed by atoms with Crippen LogP contribution < -0.4 is 0 Å². The molecule has 92 valence electrons. The zero-order valence-electron chi connectivity index (χ0n) is 9.55. The highest BCUT2D eigenvalue weighted by atomic mass is 79.9. The predicted octanol–water partition coefficient (Wildman–Crippen LogP) is 4.00. The summed E-state index contributed by atoms with van der Waals surface area (Å²) in [6, 6.07) is 8.87. The molecule has 0 fully saturated rings. The van der Waals surface area contributed by atoms with E-state index in [1.54, 1.807) is 18.3 Å². The van der Waals surface area contributed by atoms with Crippen LogP contribution in [0, 0.1) is 6.92 Å². The van der Waals surface area contributed by atoms with Crippen LogP contribution >= 0.6 is 27.7 Å². The van der Waals surface area contributed by atoms with Gasteiger partial charge in [-0.2, -0.15) is 0 Å². The Balaban J connectivity index is 2.30. The quantitative estimate of drug-likeness (QED) is 0.927. The van der Waals surface area contributed by atoms with E-state index in [1.807, 2.05) is 25.1 Å². The molecule has 0 aliphatic rings. The van der Waals surface area contributed by atoms with Crippen LogP contribution in [0.3, 0.4) is 0 Å². The fourth-order valence-electron chi connectivity index (χ4n) is 1.45. The third-order valence-corrected chi connectivity index (χ3v) is 4.45. The number of aryl methyl sites for hydroxylation is 1. The zero-order chi connectivity index (χ0) is 13.1. The summed E-state index contributed by atoms with van der Waals surface area (Å²) >= 11 is 4.95. The van der Waals surface area contributed by atoms with Crippen LogP contribution in [0.4, 0.5) is 0 Å². The van der Waals surface area contributed by atoms with Crippen molar-refractivity contribution in [2.24, 2.45) is 0 Å². The number of benzene rings is 1. The van der Waals surface area contributed by atoms with E-state index in [0.29, 0.717) is 5.56 Å². The maximum atomic E-state index is 10.9. The Morgan fingerprint density at radius 3 is 2.78 bits per heavy atom. The van der Waals surface area contributed by atoms with Crippen molar-refractivity contribution in [3.8, 4) is 0 Å². The minimum atomic E-state index is -0.909. The van der Waals surface area contributed by atoms with Gasteiger partial charge in [-0.1, -0.05) is 11.8 Å². The van der Waals surface area contributed by atoms with E-state index < -0.39 is 5.97 Å². The average molecular weight is 324 g/mol. The van der Waals surface area contributed by atoms with Crippen molar-refractivity contribution in [3.63, 3.8) is 0 Å². The molecule has 0 spiro atoms. The topological polar surface area (TPSA) is 50.2 Å². The summed E-state index contributed by atoms with van der Waals surface area (Å²) < 4.78 is 0.928. The lowest BCUT2D eigenvalue weighted by Crippen LogP contribution is -1.96. The Morgan fingerprint density at radius 1 is 1.39 bits per heavy atom. The highest BCUT2D eigenvalue weighted by Crippen LogP contribution is 2.33. The van der Waals surface area contributed by atoms with E-state index in [1.165, 1.54) is 11.8 Å². The third kappa shape index (κ3) is 2.91. The van der Waals surface area contributed by atoms with Crippen LogP contribution in [-0.4, -0.2) is 16.1 Å². The number of rotatable bonds is 3. The number of aromatic carboxylic acids is 1. The van der Waals surface area contributed by atoms with Crippen molar-refractivity contribution < 1.29 is 9.90 Å². The first-order valence-corrected chi connectivity index (χ1v) is 6.81. The molecule has 5 heteroatoms. The van der Waals surface area contributed by atoms with E-state index in [2.05, 4.69) is 20.9 Å². The first-order valence-electron chi connectivity index (χ1n) is 5.20. The molecule has 0 radical (unpaired) electrons. The normalized spacial score (nSPS) is 10.3. The van der Waals surface area contributed by atoms with Crippen molar-refractivity contribution in [2.45, 2.75) is 16.8 Å². The van der Waals surface area contributed by atoms with Gasteiger partial charge in [-0.05, 0) is 58.7 Å². The number of halogens is 1. The number of carboxylic acid groups (broad SMARTS) is 1. The van der Waals surface area contributed by atoms with Gasteiger partial charge in [-0.25, -0.2) is 9.78 Å². The Kier molecular flexibility index (Phi) is 4.04. The lowest BCUT2D eigenvalue weighted by Gasteiger charge is -2.07. The van der Waals surface area contributed by atoms with Gasteiger partial charge in [0, 0.05) is 11.1 Å². The van der Waals surface area contributed by atoms with Crippen molar-refractivity contribution in [1.29, 1.82) is 0 Å². The molecule has 0 saturated carbocycles. The van der Waals surface area contributed by atoms with Gasteiger partial charge in [-0.3, -0.25) is 0 Å². The molecule has 3 nitrogen and oxygen atoms in total. The molecule has 1 N–H and O–H groups in total. The molecule has 1 aromatic heterocycles. The van der Waals surface area contributed by atoms with Crippen LogP contribution in [0.15, 0.2) is 50.9 Å². The molecular weight excluding hydrogens is 314 g/mol. The molecule has 2 rings (SSSR count). The fourth-order valence-corrected chi connectivity index (χ4v) is 2.79. The number of aromatic nitrogens is 1. The molecule has 0 saturated heterocycles. The highest BCUT2D eigenvalue weighted by Gasteiger charge is 2.09. The fraction of sp³-hybridized carbons (Fsp3) is 0.0769. The molecule has 1 heterocycles. The number of carboxylic acids is 1. The SMILES string of the molecule is Cc1cc(C(=O)O)ccc1Sc1ncccc1Br. The molecule has 2 aromatic rings. The second-order valence-electron chi connectivity index (χ2n) is 3.68. The number of carbonyl (C=O) groups is 1. The number of hydrogen-bond acceptors (Lipinski definition) is 3. The van der Waals surface area contributed by atoms with Gasteiger partial charge in [0.2, 0.25) is 0 Å². The van der Waals surface area contributed by atoms with Gasteiger partial charge in [-0.15, -0.1) is 0 Å². The van der Waals surface area contributed by atoms with Crippen LogP contribution in [0.5, 0.6) is 0 Å². The Labute approximate surface area is 117 Å². The van der Waals surface area contributed by atoms with Gasteiger partial charge in [0.25, 0.3) is 0 Å². The maximum absolute atomic E-state index is 10.9. The van der Waals surface area contributed by atoms with Gasteiger partial charge in [0.05, 0.1) is 10.0 Å². The zero-order valence-corrected chi connectivity index (χ0v) is 12.0. The Hall–Kier alpha value is -1.33. The lowest BCUT2D eigenvalue weighted by atomic mass is 10.1. The van der Waals surface area contributed by atoms with E-state index in [4.69, 9.17) is 5.11 Å². The average Bonchev–Trinajstić information content (AvgIpc) is 2.34. The molecule has 0 atom stereocenters. The first-order chi connectivity index (χ1) is 8.58. The van der Waals surface area contributed by atoms with E-state index in [9.17, 15) is 4.79 Å². The Morgan fingerprint density at radius 2 is 2.17 bits per heavy atom. The van der Waals surface area contributed by atoms with E-state index >= 15 is 0 Å². The Bertz CT molecular complexity index is 601. The van der Waals surface area contributed by atoms with Crippen LogP contribution in [0.25, 0.3) is 0 Å². The minimum Gasteiger partial charge on any atom is -0.478 e. The molecule has 18 heavy (non-hydrogen) atoms. The number of hydrogen-bond donors (Lipinski definition) is 1. The van der Waals surface area contributed by atoms with E-state index in [-0.39, 0.29) is 0 Å². The standard InChI is InChI=1S/C13H10BrNO2S/c1-8-7-9(13(16)17)4-5-11(8)18-12-10(14)3-2-6-15-12/h2-7H,1H3,(H,16,17). The summed E-state index contributed by atoms with van der Waals surface area (Å²) in [5.74, 6) is -0.909. The molecule has 1 aromatic carbocycles. The number of pyridine rings is 1. The van der Waals surface area contributed by atoms with Crippen molar-refractivity contribution in [3.05, 3.63) is 52.1 Å². The summed E-state index contributed by atoms with van der Waals surface area (Å²) in [5.41, 5.74) is 1.23. The van der Waals surface area contributed by atoms with Crippen LogP contribution in [-0.2, 0) is 0 Å². The second-order valence-corrected chi connectivity index (χ2v) is 5.56. The summed E-state index contributed by atoms with van der Waals surface area (Å²) in [6.45, 7) is 1.89. The molecule has 0 aliphatic heterocycles. The molecular formula is C13H10BrNO2S. The number of nitrogens with zero attached hydrogens (tertiary/aromatic N) is 1. The van der Waals surface area contributed by atoms with Gasteiger partial charge in [0.1, 0.15) is 5.03 Å². The highest BCUT2D eigenvalue weighted by molar-refractivity contribution is 9.10. The summed E-state index contributed by atoms with van der Waals surface area (Å²) in [4.78, 5) is 16.1. The first kappa shape index (κ1) is 13.1. The van der Waals surface area contributed by atoms with Gasteiger partial charge in [0.15, 0.2) is 0 Å². The third-order valence-electron chi connectivity index (χ3n) is 2.35.